The van der Waals surface area contributed by atoms with Gasteiger partial charge in [0.2, 0.25) is 5.88 Å². The Morgan fingerprint density at radius 3 is 2.49 bits per heavy atom. The Morgan fingerprint density at radius 2 is 1.74 bits per heavy atom. The molecular weight excluding hydrogens is 448 g/mol. The highest BCUT2D eigenvalue weighted by atomic mass is 16.5. The lowest BCUT2D eigenvalue weighted by molar-refractivity contribution is 0.0742. The summed E-state index contributed by atoms with van der Waals surface area (Å²) in [7, 11) is 1.50. The van der Waals surface area contributed by atoms with Gasteiger partial charge in [-0.3, -0.25) is 4.79 Å². The van der Waals surface area contributed by atoms with Crippen molar-refractivity contribution in [2.75, 3.05) is 38.2 Å². The van der Waals surface area contributed by atoms with Crippen LogP contribution in [0.4, 0.5) is 5.82 Å². The third kappa shape index (κ3) is 4.65. The van der Waals surface area contributed by atoms with Gasteiger partial charge < -0.3 is 23.7 Å². The number of aryl methyl sites for hydroxylation is 1. The van der Waals surface area contributed by atoms with E-state index in [-0.39, 0.29) is 11.5 Å². The van der Waals surface area contributed by atoms with Gasteiger partial charge in [0, 0.05) is 37.6 Å². The van der Waals surface area contributed by atoms with Gasteiger partial charge in [0.05, 0.1) is 7.11 Å². The minimum atomic E-state index is -0.677. The van der Waals surface area contributed by atoms with E-state index in [0.717, 1.165) is 5.82 Å². The number of hydrogen-bond donors (Lipinski definition) is 0. The summed E-state index contributed by atoms with van der Waals surface area (Å²) in [5.74, 6) is 2.57. The zero-order valence-electron chi connectivity index (χ0n) is 19.4. The highest BCUT2D eigenvalue weighted by Gasteiger charge is 2.26. The van der Waals surface area contributed by atoms with Crippen LogP contribution in [0.3, 0.4) is 0 Å². The molecule has 2 aromatic heterocycles. The Labute approximate surface area is 201 Å². The molecule has 1 fully saturated rings. The van der Waals surface area contributed by atoms with E-state index in [0.29, 0.717) is 60.4 Å². The molecule has 0 atom stereocenters. The number of aromatic nitrogens is 2. The number of piperazine rings is 1. The van der Waals surface area contributed by atoms with Gasteiger partial charge in [-0.05, 0) is 31.2 Å². The molecule has 0 unspecified atom stereocenters. The topological polar surface area (TPSA) is 98.0 Å². The Kier molecular flexibility index (Phi) is 6.05. The van der Waals surface area contributed by atoms with E-state index in [4.69, 9.17) is 13.9 Å². The van der Waals surface area contributed by atoms with Crippen LogP contribution in [0.25, 0.3) is 11.0 Å². The number of amides is 1. The third-order valence-electron chi connectivity index (χ3n) is 5.83. The largest absolute Gasteiger partial charge is 0.493 e. The molecule has 0 aliphatic carbocycles. The zero-order chi connectivity index (χ0) is 24.4. The van der Waals surface area contributed by atoms with Crippen LogP contribution in [0.1, 0.15) is 16.2 Å². The maximum atomic E-state index is 13.1. The first-order valence-corrected chi connectivity index (χ1v) is 11.3. The van der Waals surface area contributed by atoms with E-state index < -0.39 is 5.63 Å². The first-order chi connectivity index (χ1) is 17.0. The first-order valence-electron chi connectivity index (χ1n) is 11.3. The number of para-hydroxylation sites is 2. The van der Waals surface area contributed by atoms with Crippen molar-refractivity contribution in [2.24, 2.45) is 0 Å². The van der Waals surface area contributed by atoms with Crippen LogP contribution in [0, 0.1) is 6.92 Å². The summed E-state index contributed by atoms with van der Waals surface area (Å²) in [6.45, 7) is 3.80. The molecule has 0 radical (unpaired) electrons. The number of carbonyl (C=O) groups is 1. The first kappa shape index (κ1) is 22.4. The van der Waals surface area contributed by atoms with E-state index in [9.17, 15) is 9.59 Å². The van der Waals surface area contributed by atoms with Crippen LogP contribution in [0.15, 0.2) is 69.9 Å². The molecule has 5 rings (SSSR count). The van der Waals surface area contributed by atoms with Gasteiger partial charge in [-0.1, -0.05) is 30.3 Å². The second-order valence-corrected chi connectivity index (χ2v) is 8.13. The van der Waals surface area contributed by atoms with E-state index in [2.05, 4.69) is 14.9 Å². The average Bonchev–Trinajstić information content (AvgIpc) is 2.88. The molecule has 1 aliphatic heterocycles. The molecule has 1 aliphatic rings. The third-order valence-corrected chi connectivity index (χ3v) is 5.83. The maximum absolute atomic E-state index is 13.1. The van der Waals surface area contributed by atoms with Gasteiger partial charge in [0.15, 0.2) is 11.3 Å². The number of carbonyl (C=O) groups excluding carboxylic acids is 1. The van der Waals surface area contributed by atoms with Crippen LogP contribution < -0.4 is 20.0 Å². The molecule has 2 aromatic carbocycles. The number of anilines is 1. The number of ether oxygens (including phenoxy) is 2. The highest BCUT2D eigenvalue weighted by molar-refractivity contribution is 5.97. The van der Waals surface area contributed by atoms with E-state index in [1.807, 2.05) is 37.3 Å². The molecule has 0 bridgehead atoms. The van der Waals surface area contributed by atoms with Crippen molar-refractivity contribution in [3.63, 3.8) is 0 Å². The number of methoxy groups -OCH3 is 1. The van der Waals surface area contributed by atoms with E-state index in [1.54, 1.807) is 35.2 Å². The van der Waals surface area contributed by atoms with Crippen molar-refractivity contribution >= 4 is 22.7 Å². The Hall–Kier alpha value is -4.40. The lowest BCUT2D eigenvalue weighted by Gasteiger charge is -2.35. The second kappa shape index (κ2) is 9.46. The van der Waals surface area contributed by atoms with Gasteiger partial charge in [-0.15, -0.1) is 0 Å². The Balaban J connectivity index is 1.30. The normalized spacial score (nSPS) is 13.7. The molecular formula is C26H24N4O5. The van der Waals surface area contributed by atoms with Crippen molar-refractivity contribution in [1.29, 1.82) is 0 Å². The van der Waals surface area contributed by atoms with Gasteiger partial charge in [0.25, 0.3) is 5.91 Å². The Morgan fingerprint density at radius 1 is 0.971 bits per heavy atom. The summed E-state index contributed by atoms with van der Waals surface area (Å²) in [6.07, 6.45) is 0. The minimum absolute atomic E-state index is 0.00984. The summed E-state index contributed by atoms with van der Waals surface area (Å²) in [5.41, 5.74) is -0.340. The molecule has 1 saturated heterocycles. The quantitative estimate of drug-likeness (QED) is 0.406. The summed E-state index contributed by atoms with van der Waals surface area (Å²) in [4.78, 5) is 38.4. The molecule has 9 nitrogen and oxygen atoms in total. The van der Waals surface area contributed by atoms with Crippen molar-refractivity contribution < 1.29 is 18.7 Å². The molecule has 0 N–H and O–H groups in total. The summed E-state index contributed by atoms with van der Waals surface area (Å²) < 4.78 is 16.5. The molecule has 178 valence electrons. The SMILES string of the molecule is COc1cccc2cc(C(=O)N3CCN(c4cc(Oc5ccccc5)nc(C)n4)CC3)c(=O)oc12. The summed E-state index contributed by atoms with van der Waals surface area (Å²) >= 11 is 0. The molecule has 0 spiro atoms. The lowest BCUT2D eigenvalue weighted by atomic mass is 10.1. The fourth-order valence-corrected chi connectivity index (χ4v) is 4.09. The number of benzene rings is 2. The van der Waals surface area contributed by atoms with Gasteiger partial charge in [0.1, 0.15) is 23.0 Å². The zero-order valence-corrected chi connectivity index (χ0v) is 19.4. The maximum Gasteiger partial charge on any atom is 0.349 e. The van der Waals surface area contributed by atoms with Crippen molar-refractivity contribution in [3.05, 3.63) is 82.5 Å². The summed E-state index contributed by atoms with van der Waals surface area (Å²) in [5, 5.41) is 0.633. The Bertz CT molecular complexity index is 1430. The lowest BCUT2D eigenvalue weighted by Crippen LogP contribution is -2.49. The molecule has 1 amide bonds. The van der Waals surface area contributed by atoms with Crippen LogP contribution in [-0.2, 0) is 0 Å². The summed E-state index contributed by atoms with van der Waals surface area (Å²) in [6, 6.07) is 18.1. The van der Waals surface area contributed by atoms with E-state index in [1.165, 1.54) is 7.11 Å². The van der Waals surface area contributed by atoms with Crippen molar-refractivity contribution in [2.45, 2.75) is 6.92 Å². The fraction of sp³-hybridized carbons (Fsp3) is 0.231. The number of hydrogen-bond acceptors (Lipinski definition) is 8. The highest BCUT2D eigenvalue weighted by Crippen LogP contribution is 2.26. The van der Waals surface area contributed by atoms with Crippen molar-refractivity contribution in [1.82, 2.24) is 14.9 Å². The van der Waals surface area contributed by atoms with E-state index >= 15 is 0 Å². The molecule has 4 aromatic rings. The molecule has 9 heteroatoms. The minimum Gasteiger partial charge on any atom is -0.493 e. The van der Waals surface area contributed by atoms with Crippen LogP contribution in [0.5, 0.6) is 17.4 Å². The number of rotatable bonds is 5. The number of fused-ring (bicyclic) bond motifs is 1. The standard InChI is InChI=1S/C26H24N4O5/c1-17-27-22(16-23(28-17)34-19-8-4-3-5-9-19)29-11-13-30(14-12-29)25(31)20-15-18-7-6-10-21(33-2)24(18)35-26(20)32/h3-10,15-16H,11-14H2,1-2H3. The van der Waals surface area contributed by atoms with Gasteiger partial charge in [-0.25, -0.2) is 9.78 Å². The van der Waals surface area contributed by atoms with Crippen molar-refractivity contribution in [3.8, 4) is 17.4 Å². The van der Waals surface area contributed by atoms with Gasteiger partial charge in [-0.2, -0.15) is 4.98 Å². The fourth-order valence-electron chi connectivity index (χ4n) is 4.09. The van der Waals surface area contributed by atoms with Crippen LogP contribution in [0.2, 0.25) is 0 Å². The van der Waals surface area contributed by atoms with Gasteiger partial charge >= 0.3 is 5.63 Å². The molecule has 0 saturated carbocycles. The predicted molar refractivity (Wildman–Crippen MR) is 130 cm³/mol. The molecule has 3 heterocycles. The second-order valence-electron chi connectivity index (χ2n) is 8.13. The smallest absolute Gasteiger partial charge is 0.349 e. The average molecular weight is 473 g/mol. The monoisotopic (exact) mass is 472 g/mol. The predicted octanol–water partition coefficient (Wildman–Crippen LogP) is 3.65. The number of nitrogens with zero attached hydrogens (tertiary/aromatic N) is 4. The van der Waals surface area contributed by atoms with Crippen LogP contribution >= 0.6 is 0 Å². The molecule has 35 heavy (non-hydrogen) atoms. The van der Waals surface area contributed by atoms with Crippen LogP contribution in [-0.4, -0.2) is 54.1 Å².